The zero-order valence-electron chi connectivity index (χ0n) is 12.9. The Morgan fingerprint density at radius 2 is 1.70 bits per heavy atom. The minimum Gasteiger partial charge on any atom is -0.497 e. The quantitative estimate of drug-likeness (QED) is 0.641. The van der Waals surface area contributed by atoms with Crippen molar-refractivity contribution in [2.45, 2.75) is 0 Å². The summed E-state index contributed by atoms with van der Waals surface area (Å²) in [6, 6.07) is 17.0. The van der Waals surface area contributed by atoms with Crippen molar-refractivity contribution in [3.63, 3.8) is 0 Å². The van der Waals surface area contributed by atoms with Crippen LogP contribution in [0.15, 0.2) is 60.3 Å². The van der Waals surface area contributed by atoms with Crippen molar-refractivity contribution >= 4 is 35.0 Å². The predicted octanol–water partition coefficient (Wildman–Crippen LogP) is 3.30. The summed E-state index contributed by atoms with van der Waals surface area (Å²) >= 11 is 5.44. The molecular weight excluding hydrogens is 308 g/mol. The lowest BCUT2D eigenvalue weighted by atomic mass is 10.2. The van der Waals surface area contributed by atoms with Crippen molar-refractivity contribution in [3.05, 3.63) is 65.9 Å². The number of hydrogen-bond donors (Lipinski definition) is 0. The molecule has 1 saturated heterocycles. The minimum atomic E-state index is -0.133. The molecule has 1 fully saturated rings. The highest BCUT2D eigenvalue weighted by molar-refractivity contribution is 7.80. The van der Waals surface area contributed by atoms with Crippen molar-refractivity contribution in [1.82, 2.24) is 4.90 Å². The first-order valence-corrected chi connectivity index (χ1v) is 7.55. The van der Waals surface area contributed by atoms with Gasteiger partial charge in [0.25, 0.3) is 5.91 Å². The molecule has 1 aliphatic heterocycles. The molecule has 23 heavy (non-hydrogen) atoms. The number of likely N-dealkylation sites (N-methyl/N-ethyl adjacent to an activating group) is 1. The van der Waals surface area contributed by atoms with E-state index < -0.39 is 0 Å². The molecule has 0 N–H and O–H groups in total. The van der Waals surface area contributed by atoms with E-state index in [0.717, 1.165) is 17.0 Å². The molecular formula is C18H16N2O2S. The summed E-state index contributed by atoms with van der Waals surface area (Å²) in [5.41, 5.74) is 2.24. The zero-order valence-corrected chi connectivity index (χ0v) is 13.7. The van der Waals surface area contributed by atoms with Gasteiger partial charge in [-0.15, -0.1) is 0 Å². The number of thiocarbonyl (C=S) groups is 1. The smallest absolute Gasteiger partial charge is 0.281 e. The van der Waals surface area contributed by atoms with Gasteiger partial charge in [0.2, 0.25) is 0 Å². The number of methoxy groups -OCH3 is 1. The molecule has 0 spiro atoms. The molecule has 0 bridgehead atoms. The largest absolute Gasteiger partial charge is 0.497 e. The maximum Gasteiger partial charge on any atom is 0.281 e. The lowest BCUT2D eigenvalue weighted by molar-refractivity contribution is -0.114. The number of carbonyl (C=O) groups is 1. The number of benzene rings is 2. The Kier molecular flexibility index (Phi) is 4.12. The number of amides is 1. The summed E-state index contributed by atoms with van der Waals surface area (Å²) in [6.45, 7) is 0. The minimum absolute atomic E-state index is 0.133. The highest BCUT2D eigenvalue weighted by Crippen LogP contribution is 2.29. The molecule has 1 heterocycles. The normalized spacial score (nSPS) is 16.3. The highest BCUT2D eigenvalue weighted by Gasteiger charge is 2.36. The van der Waals surface area contributed by atoms with Crippen molar-refractivity contribution in [3.8, 4) is 5.75 Å². The molecule has 2 aromatic carbocycles. The molecule has 4 nitrogen and oxygen atoms in total. The molecule has 3 rings (SSSR count). The fraction of sp³-hybridized carbons (Fsp3) is 0.111. The Morgan fingerprint density at radius 1 is 1.04 bits per heavy atom. The van der Waals surface area contributed by atoms with E-state index in [1.54, 1.807) is 19.1 Å². The van der Waals surface area contributed by atoms with Gasteiger partial charge >= 0.3 is 0 Å². The third-order valence-corrected chi connectivity index (χ3v) is 4.15. The van der Waals surface area contributed by atoms with Gasteiger partial charge in [0, 0.05) is 7.05 Å². The standard InChI is InChI=1S/C18H16N2O2S/c1-19-16(12-13-6-4-3-5-7-13)17(21)20(18(19)23)14-8-10-15(22-2)11-9-14/h3-12H,1-2H3/b16-12+. The van der Waals surface area contributed by atoms with Gasteiger partial charge in [0.15, 0.2) is 5.11 Å². The zero-order chi connectivity index (χ0) is 16.4. The Balaban J connectivity index is 1.96. The average Bonchev–Trinajstić information content (AvgIpc) is 2.80. The van der Waals surface area contributed by atoms with E-state index in [2.05, 4.69) is 0 Å². The maximum absolute atomic E-state index is 12.8. The van der Waals surface area contributed by atoms with Gasteiger partial charge in [-0.25, -0.2) is 0 Å². The molecule has 0 unspecified atom stereocenters. The van der Waals surface area contributed by atoms with Crippen LogP contribution in [0.25, 0.3) is 6.08 Å². The second kappa shape index (κ2) is 6.22. The first-order chi connectivity index (χ1) is 11.1. The maximum atomic E-state index is 12.8. The number of ether oxygens (including phenoxy) is 1. The molecule has 0 atom stereocenters. The van der Waals surface area contributed by atoms with Gasteiger partial charge in [0.1, 0.15) is 11.4 Å². The molecule has 116 valence electrons. The van der Waals surface area contributed by atoms with Gasteiger partial charge in [-0.05, 0) is 48.1 Å². The monoisotopic (exact) mass is 324 g/mol. The molecule has 0 aromatic heterocycles. The number of anilines is 1. The summed E-state index contributed by atoms with van der Waals surface area (Å²) < 4.78 is 5.15. The molecule has 2 aromatic rings. The van der Waals surface area contributed by atoms with E-state index in [0.29, 0.717) is 10.8 Å². The van der Waals surface area contributed by atoms with Crippen LogP contribution >= 0.6 is 12.2 Å². The van der Waals surface area contributed by atoms with E-state index in [1.807, 2.05) is 60.7 Å². The number of rotatable bonds is 3. The van der Waals surface area contributed by atoms with Gasteiger partial charge in [-0.2, -0.15) is 0 Å². The number of nitrogens with zero attached hydrogens (tertiary/aromatic N) is 2. The van der Waals surface area contributed by atoms with Gasteiger partial charge < -0.3 is 9.64 Å². The van der Waals surface area contributed by atoms with Crippen LogP contribution in [-0.4, -0.2) is 30.1 Å². The van der Waals surface area contributed by atoms with E-state index >= 15 is 0 Å². The fourth-order valence-electron chi connectivity index (χ4n) is 2.42. The van der Waals surface area contributed by atoms with E-state index in [-0.39, 0.29) is 5.91 Å². The average molecular weight is 324 g/mol. The third kappa shape index (κ3) is 2.83. The van der Waals surface area contributed by atoms with E-state index in [9.17, 15) is 4.79 Å². The SMILES string of the molecule is COc1ccc(N2C(=O)/C(=C\c3ccccc3)N(C)C2=S)cc1. The summed E-state index contributed by atoms with van der Waals surface area (Å²) in [5, 5.41) is 0.461. The van der Waals surface area contributed by atoms with Crippen LogP contribution in [0.5, 0.6) is 5.75 Å². The van der Waals surface area contributed by atoms with Gasteiger partial charge in [-0.1, -0.05) is 30.3 Å². The molecule has 1 aliphatic rings. The Bertz CT molecular complexity index is 769. The third-order valence-electron chi connectivity index (χ3n) is 3.70. The number of carbonyl (C=O) groups excluding carboxylic acids is 1. The Labute approximate surface area is 140 Å². The van der Waals surface area contributed by atoms with Crippen LogP contribution < -0.4 is 9.64 Å². The first kappa shape index (κ1) is 15.2. The van der Waals surface area contributed by atoms with Crippen molar-refractivity contribution in [1.29, 1.82) is 0 Å². The van der Waals surface area contributed by atoms with Gasteiger partial charge in [-0.3, -0.25) is 9.69 Å². The van der Waals surface area contributed by atoms with E-state index in [1.165, 1.54) is 4.90 Å². The van der Waals surface area contributed by atoms with Crippen LogP contribution in [0.1, 0.15) is 5.56 Å². The molecule has 5 heteroatoms. The first-order valence-electron chi connectivity index (χ1n) is 7.15. The highest BCUT2D eigenvalue weighted by atomic mass is 32.1. The van der Waals surface area contributed by atoms with Crippen LogP contribution in [0.3, 0.4) is 0 Å². The molecule has 0 radical (unpaired) electrons. The second-order valence-electron chi connectivity index (χ2n) is 5.12. The van der Waals surface area contributed by atoms with Crippen LogP contribution in [0, 0.1) is 0 Å². The lowest BCUT2D eigenvalue weighted by Crippen LogP contribution is -2.31. The predicted molar refractivity (Wildman–Crippen MR) is 95.3 cm³/mol. The van der Waals surface area contributed by atoms with Crippen molar-refractivity contribution in [2.75, 3.05) is 19.1 Å². The molecule has 1 amide bonds. The summed E-state index contributed by atoms with van der Waals surface area (Å²) in [4.78, 5) is 16.0. The molecule has 0 saturated carbocycles. The van der Waals surface area contributed by atoms with Gasteiger partial charge in [0.05, 0.1) is 12.8 Å². The van der Waals surface area contributed by atoms with E-state index in [4.69, 9.17) is 17.0 Å². The summed E-state index contributed by atoms with van der Waals surface area (Å²) in [7, 11) is 3.41. The van der Waals surface area contributed by atoms with Crippen molar-refractivity contribution in [2.24, 2.45) is 0 Å². The molecule has 0 aliphatic carbocycles. The topological polar surface area (TPSA) is 32.8 Å². The van der Waals surface area contributed by atoms with Crippen LogP contribution in [0.2, 0.25) is 0 Å². The van der Waals surface area contributed by atoms with Crippen molar-refractivity contribution < 1.29 is 9.53 Å². The Hall–Kier alpha value is -2.66. The second-order valence-corrected chi connectivity index (χ2v) is 5.49. The lowest BCUT2D eigenvalue weighted by Gasteiger charge is -2.16. The summed E-state index contributed by atoms with van der Waals surface area (Å²) in [5.74, 6) is 0.603. The summed E-state index contributed by atoms with van der Waals surface area (Å²) in [6.07, 6.45) is 1.85. The number of hydrogen-bond acceptors (Lipinski definition) is 3. The van der Waals surface area contributed by atoms with Crippen LogP contribution in [-0.2, 0) is 4.79 Å². The Morgan fingerprint density at radius 3 is 2.30 bits per heavy atom. The van der Waals surface area contributed by atoms with Crippen LogP contribution in [0.4, 0.5) is 5.69 Å². The fourth-order valence-corrected chi connectivity index (χ4v) is 2.71.